The Morgan fingerprint density at radius 2 is 1.77 bits per heavy atom. The van der Waals surface area contributed by atoms with E-state index in [1.54, 1.807) is 0 Å². The number of amidine groups is 1. The van der Waals surface area contributed by atoms with Gasteiger partial charge in [-0.1, -0.05) is 53.7 Å². The van der Waals surface area contributed by atoms with Crippen LogP contribution in [-0.2, 0) is 13.0 Å². The number of hydrogen-bond acceptors (Lipinski definition) is 2. The molecule has 0 fully saturated rings. The van der Waals surface area contributed by atoms with E-state index in [1.165, 1.54) is 22.0 Å². The third kappa shape index (κ3) is 2.96. The van der Waals surface area contributed by atoms with Crippen molar-refractivity contribution in [3.05, 3.63) is 71.9 Å². The number of fused-ring (bicyclic) bond motifs is 1. The van der Waals surface area contributed by atoms with Crippen molar-refractivity contribution in [2.24, 2.45) is 10.9 Å². The van der Waals surface area contributed by atoms with Gasteiger partial charge in [0.1, 0.15) is 5.84 Å². The van der Waals surface area contributed by atoms with E-state index in [0.717, 1.165) is 6.42 Å². The molecule has 0 saturated heterocycles. The molecule has 3 aromatic rings. The molecule has 0 radical (unpaired) electrons. The quantitative estimate of drug-likeness (QED) is 0.328. The number of hydrogen-bond donors (Lipinski definition) is 2. The maximum absolute atomic E-state index is 8.68. The molecule has 22 heavy (non-hydrogen) atoms. The Kier molecular flexibility index (Phi) is 4.10. The summed E-state index contributed by atoms with van der Waals surface area (Å²) in [7, 11) is 0. The van der Waals surface area contributed by atoms with Crippen LogP contribution in [0.3, 0.4) is 0 Å². The minimum atomic E-state index is 0.252. The molecule has 3 rings (SSSR count). The first-order chi connectivity index (χ1) is 10.8. The molecule has 1 aromatic heterocycles. The average molecular weight is 293 g/mol. The van der Waals surface area contributed by atoms with Gasteiger partial charge in [0.05, 0.1) is 0 Å². The molecule has 0 aliphatic carbocycles. The van der Waals surface area contributed by atoms with Crippen molar-refractivity contribution in [3.8, 4) is 0 Å². The monoisotopic (exact) mass is 293 g/mol. The van der Waals surface area contributed by atoms with Gasteiger partial charge in [-0.15, -0.1) is 0 Å². The van der Waals surface area contributed by atoms with Crippen LogP contribution in [0.5, 0.6) is 0 Å². The Bertz CT molecular complexity index is 790. The van der Waals surface area contributed by atoms with E-state index < -0.39 is 0 Å². The largest absolute Gasteiger partial charge is 0.409 e. The van der Waals surface area contributed by atoms with Crippen molar-refractivity contribution in [2.75, 3.05) is 0 Å². The normalized spacial score (nSPS) is 11.9. The number of aromatic nitrogens is 1. The van der Waals surface area contributed by atoms with Gasteiger partial charge in [0, 0.05) is 30.1 Å². The second-order valence-corrected chi connectivity index (χ2v) is 5.37. The van der Waals surface area contributed by atoms with Gasteiger partial charge in [0.15, 0.2) is 0 Å². The molecule has 0 aliphatic rings. The lowest BCUT2D eigenvalue weighted by atomic mass is 10.0. The van der Waals surface area contributed by atoms with Gasteiger partial charge < -0.3 is 15.5 Å². The number of aryl methyl sites for hydroxylation is 1. The molecule has 0 atom stereocenters. The molecule has 0 amide bonds. The fraction of sp³-hybridized carbons (Fsp3) is 0.167. The summed E-state index contributed by atoms with van der Waals surface area (Å²) in [5.41, 5.74) is 9.35. The summed E-state index contributed by atoms with van der Waals surface area (Å²) in [6.07, 6.45) is 3.60. The first-order valence-corrected chi connectivity index (χ1v) is 7.35. The zero-order valence-corrected chi connectivity index (χ0v) is 12.3. The van der Waals surface area contributed by atoms with E-state index in [1.807, 2.05) is 12.1 Å². The lowest BCUT2D eigenvalue weighted by Crippen LogP contribution is -2.14. The summed E-state index contributed by atoms with van der Waals surface area (Å²) in [5.74, 6) is 0.252. The van der Waals surface area contributed by atoms with Crippen molar-refractivity contribution < 1.29 is 5.21 Å². The first kappa shape index (κ1) is 14.2. The molecule has 0 aliphatic heterocycles. The molecular formula is C18H19N3O. The van der Waals surface area contributed by atoms with Crippen molar-refractivity contribution >= 4 is 16.7 Å². The Morgan fingerprint density at radius 1 is 1.05 bits per heavy atom. The smallest absolute Gasteiger partial charge is 0.140 e. The summed E-state index contributed by atoms with van der Waals surface area (Å²) in [6.45, 7) is 0.700. The molecule has 4 heteroatoms. The van der Waals surface area contributed by atoms with Crippen molar-refractivity contribution in [2.45, 2.75) is 19.4 Å². The highest BCUT2D eigenvalue weighted by Gasteiger charge is 2.09. The number of benzene rings is 2. The van der Waals surface area contributed by atoms with Gasteiger partial charge in [-0.3, -0.25) is 0 Å². The van der Waals surface area contributed by atoms with Crippen LogP contribution < -0.4 is 5.73 Å². The molecule has 2 aromatic carbocycles. The second kappa shape index (κ2) is 6.35. The van der Waals surface area contributed by atoms with Gasteiger partial charge in [-0.25, -0.2) is 0 Å². The van der Waals surface area contributed by atoms with Crippen LogP contribution in [0.25, 0.3) is 10.9 Å². The summed E-state index contributed by atoms with van der Waals surface area (Å²) in [4.78, 5) is 0. The standard InChI is InChI=1S/C18H19N3O/c19-18(20-22)10-11-21-13-15(12-14-6-2-1-3-7-14)16-8-4-5-9-17(16)21/h1-9,13,22H,10-12H2,(H2,19,20). The van der Waals surface area contributed by atoms with E-state index in [2.05, 4.69) is 58.4 Å². The summed E-state index contributed by atoms with van der Waals surface area (Å²) in [6, 6.07) is 18.8. The van der Waals surface area contributed by atoms with E-state index >= 15 is 0 Å². The van der Waals surface area contributed by atoms with Gasteiger partial charge in [0.2, 0.25) is 0 Å². The molecule has 4 nitrogen and oxygen atoms in total. The van der Waals surface area contributed by atoms with Crippen LogP contribution >= 0.6 is 0 Å². The molecular weight excluding hydrogens is 274 g/mol. The van der Waals surface area contributed by atoms with Crippen LogP contribution in [0.2, 0.25) is 0 Å². The Morgan fingerprint density at radius 3 is 2.55 bits per heavy atom. The maximum Gasteiger partial charge on any atom is 0.140 e. The average Bonchev–Trinajstić information content (AvgIpc) is 2.92. The van der Waals surface area contributed by atoms with Crippen LogP contribution in [0.1, 0.15) is 17.5 Å². The number of nitrogens with zero attached hydrogens (tertiary/aromatic N) is 2. The fourth-order valence-corrected chi connectivity index (χ4v) is 2.75. The third-order valence-corrected chi connectivity index (χ3v) is 3.85. The van der Waals surface area contributed by atoms with Crippen LogP contribution in [0.4, 0.5) is 0 Å². The Labute approximate surface area is 129 Å². The predicted molar refractivity (Wildman–Crippen MR) is 89.2 cm³/mol. The minimum absolute atomic E-state index is 0.252. The fourth-order valence-electron chi connectivity index (χ4n) is 2.75. The molecule has 0 bridgehead atoms. The second-order valence-electron chi connectivity index (χ2n) is 5.37. The van der Waals surface area contributed by atoms with Crippen molar-refractivity contribution in [1.29, 1.82) is 0 Å². The molecule has 112 valence electrons. The van der Waals surface area contributed by atoms with Crippen LogP contribution in [-0.4, -0.2) is 15.6 Å². The van der Waals surface area contributed by atoms with Gasteiger partial charge in [-0.05, 0) is 23.6 Å². The lowest BCUT2D eigenvalue weighted by Gasteiger charge is -2.03. The van der Waals surface area contributed by atoms with Crippen molar-refractivity contribution in [1.82, 2.24) is 4.57 Å². The lowest BCUT2D eigenvalue weighted by molar-refractivity contribution is 0.316. The summed E-state index contributed by atoms with van der Waals surface area (Å²) < 4.78 is 2.17. The number of para-hydroxylation sites is 1. The first-order valence-electron chi connectivity index (χ1n) is 7.35. The number of nitrogens with two attached hydrogens (primary N) is 1. The van der Waals surface area contributed by atoms with E-state index in [-0.39, 0.29) is 5.84 Å². The van der Waals surface area contributed by atoms with E-state index in [9.17, 15) is 0 Å². The van der Waals surface area contributed by atoms with Gasteiger partial charge in [0.25, 0.3) is 0 Å². The van der Waals surface area contributed by atoms with Gasteiger partial charge >= 0.3 is 0 Å². The Balaban J connectivity index is 1.93. The number of rotatable bonds is 5. The summed E-state index contributed by atoms with van der Waals surface area (Å²) in [5, 5.41) is 13.0. The molecule has 0 saturated carbocycles. The highest BCUT2D eigenvalue weighted by atomic mass is 16.4. The topological polar surface area (TPSA) is 63.5 Å². The SMILES string of the molecule is N/C(CCn1cc(Cc2ccccc2)c2ccccc21)=N\O. The highest BCUT2D eigenvalue weighted by molar-refractivity contribution is 5.85. The van der Waals surface area contributed by atoms with E-state index in [4.69, 9.17) is 10.9 Å². The van der Waals surface area contributed by atoms with Gasteiger partial charge in [-0.2, -0.15) is 0 Å². The maximum atomic E-state index is 8.68. The van der Waals surface area contributed by atoms with Crippen molar-refractivity contribution in [3.63, 3.8) is 0 Å². The zero-order chi connectivity index (χ0) is 15.4. The Hall–Kier alpha value is -2.75. The summed E-state index contributed by atoms with van der Waals surface area (Å²) >= 11 is 0. The minimum Gasteiger partial charge on any atom is -0.409 e. The molecule has 0 spiro atoms. The predicted octanol–water partition coefficient (Wildman–Crippen LogP) is 3.37. The zero-order valence-electron chi connectivity index (χ0n) is 12.3. The number of oxime groups is 1. The highest BCUT2D eigenvalue weighted by Crippen LogP contribution is 2.24. The molecule has 0 unspecified atom stereocenters. The van der Waals surface area contributed by atoms with E-state index in [0.29, 0.717) is 13.0 Å². The van der Waals surface area contributed by atoms with Crippen LogP contribution in [0, 0.1) is 0 Å². The third-order valence-electron chi connectivity index (χ3n) is 3.85. The molecule has 1 heterocycles. The van der Waals surface area contributed by atoms with Crippen LogP contribution in [0.15, 0.2) is 65.9 Å². The molecule has 3 N–H and O–H groups in total.